The van der Waals surface area contributed by atoms with E-state index in [-0.39, 0.29) is 38.9 Å². The number of hydrogen-bond donors (Lipinski definition) is 0. The van der Waals surface area contributed by atoms with Gasteiger partial charge in [0.1, 0.15) is 4.83 Å². The van der Waals surface area contributed by atoms with Crippen LogP contribution >= 0.6 is 15.9 Å². The first kappa shape index (κ1) is 34.8. The predicted octanol–water partition coefficient (Wildman–Crippen LogP) is 4.00. The van der Waals surface area contributed by atoms with E-state index in [1.54, 1.807) is 6.92 Å². The number of methoxy groups -OCH3 is 3. The summed E-state index contributed by atoms with van der Waals surface area (Å²) in [5.74, 6) is -5.94. The summed E-state index contributed by atoms with van der Waals surface area (Å²) in [6.45, 7) is 6.01. The number of unbranched alkanes of at least 4 members (excludes halogenated alkanes) is 2. The van der Waals surface area contributed by atoms with Gasteiger partial charge in [0.25, 0.3) is 0 Å². The van der Waals surface area contributed by atoms with Gasteiger partial charge in [-0.2, -0.15) is 0 Å². The molecule has 0 rings (SSSR count). The van der Waals surface area contributed by atoms with Gasteiger partial charge in [-0.05, 0) is 38.5 Å². The minimum atomic E-state index is -0.884. The average molecular weight is 596 g/mol. The Bertz CT molecular complexity index is 726. The quantitative estimate of drug-likeness (QED) is 0.0935. The number of hydrogen-bond acceptors (Lipinski definition) is 10. The largest absolute Gasteiger partial charge is 0.469 e. The van der Waals surface area contributed by atoms with Crippen molar-refractivity contribution in [1.82, 2.24) is 0 Å². The molecule has 0 aromatic heterocycles. The molecule has 10 nitrogen and oxygen atoms in total. The van der Waals surface area contributed by atoms with Gasteiger partial charge in [0.15, 0.2) is 0 Å². The maximum atomic E-state index is 13.1. The van der Waals surface area contributed by atoms with Crippen LogP contribution in [0.15, 0.2) is 0 Å². The monoisotopic (exact) mass is 594 g/mol. The van der Waals surface area contributed by atoms with Crippen LogP contribution in [0.1, 0.15) is 72.1 Å². The second-order valence-corrected chi connectivity index (χ2v) is 10.1. The summed E-state index contributed by atoms with van der Waals surface area (Å²) in [6.07, 6.45) is 3.13. The van der Waals surface area contributed by atoms with Crippen molar-refractivity contribution in [3.8, 4) is 0 Å². The number of halogens is 1. The zero-order valence-electron chi connectivity index (χ0n) is 22.9. The van der Waals surface area contributed by atoms with Crippen molar-refractivity contribution < 1.29 is 47.7 Å². The highest BCUT2D eigenvalue weighted by atomic mass is 79.9. The molecule has 0 aliphatic heterocycles. The number of carbonyl (C=O) groups is 5. The maximum Gasteiger partial charge on any atom is 0.319 e. The van der Waals surface area contributed by atoms with Gasteiger partial charge in [0, 0.05) is 0 Å². The van der Waals surface area contributed by atoms with Crippen molar-refractivity contribution in [2.24, 2.45) is 23.7 Å². The van der Waals surface area contributed by atoms with Crippen LogP contribution in [0, 0.1) is 23.7 Å². The van der Waals surface area contributed by atoms with E-state index in [1.165, 1.54) is 21.3 Å². The first-order chi connectivity index (χ1) is 17.6. The lowest BCUT2D eigenvalue weighted by atomic mass is 9.82. The lowest BCUT2D eigenvalue weighted by Crippen LogP contribution is -2.33. The minimum absolute atomic E-state index is 0.0135. The van der Waals surface area contributed by atoms with Gasteiger partial charge in [-0.1, -0.05) is 49.5 Å². The summed E-state index contributed by atoms with van der Waals surface area (Å²) in [6, 6.07) is 0. The summed E-state index contributed by atoms with van der Waals surface area (Å²) in [4.78, 5) is 61.8. The van der Waals surface area contributed by atoms with Gasteiger partial charge in [0.05, 0.1) is 58.2 Å². The van der Waals surface area contributed by atoms with Crippen LogP contribution in [0.4, 0.5) is 0 Å². The zero-order valence-corrected chi connectivity index (χ0v) is 24.5. The number of alkyl halides is 1. The van der Waals surface area contributed by atoms with Crippen molar-refractivity contribution in [2.45, 2.75) is 77.0 Å². The fourth-order valence-corrected chi connectivity index (χ4v) is 4.38. The summed E-state index contributed by atoms with van der Waals surface area (Å²) < 4.78 is 25.3. The van der Waals surface area contributed by atoms with Gasteiger partial charge in [-0.15, -0.1) is 0 Å². The van der Waals surface area contributed by atoms with Gasteiger partial charge in [-0.25, -0.2) is 0 Å². The Hall–Kier alpha value is -2.17. The van der Waals surface area contributed by atoms with E-state index in [4.69, 9.17) is 23.7 Å². The van der Waals surface area contributed by atoms with Gasteiger partial charge < -0.3 is 23.7 Å². The van der Waals surface area contributed by atoms with Gasteiger partial charge in [-0.3, -0.25) is 24.0 Å². The molecule has 37 heavy (non-hydrogen) atoms. The number of carbonyl (C=O) groups excluding carboxylic acids is 5. The Balaban J connectivity index is 5.84. The molecule has 0 aromatic carbocycles. The van der Waals surface area contributed by atoms with E-state index in [0.29, 0.717) is 6.42 Å². The molecule has 0 bridgehead atoms. The van der Waals surface area contributed by atoms with Crippen LogP contribution in [-0.4, -0.2) is 69.2 Å². The third kappa shape index (κ3) is 13.8. The Kier molecular flexibility index (Phi) is 18.7. The molecule has 0 radical (unpaired) electrons. The van der Waals surface area contributed by atoms with Crippen molar-refractivity contribution in [3.05, 3.63) is 0 Å². The van der Waals surface area contributed by atoms with E-state index >= 15 is 0 Å². The minimum Gasteiger partial charge on any atom is -0.469 e. The van der Waals surface area contributed by atoms with Crippen molar-refractivity contribution in [2.75, 3.05) is 34.5 Å². The van der Waals surface area contributed by atoms with Crippen molar-refractivity contribution in [1.29, 1.82) is 0 Å². The standard InChI is InChI=1S/C26H43BrO10/c1-7-9-11-36-25(31)19(14-18(23(29)34-5)13-17(3)22(28)33-4)15-20(24(30)35-6)16-21(27)26(32)37-12-10-8-2/h17-21H,7-16H2,1-6H3. The second-order valence-electron chi connectivity index (χ2n) is 9.01. The number of rotatable bonds is 19. The van der Waals surface area contributed by atoms with E-state index in [2.05, 4.69) is 15.9 Å². The normalized spacial score (nSPS) is 14.9. The molecule has 5 unspecified atom stereocenters. The predicted molar refractivity (Wildman–Crippen MR) is 139 cm³/mol. The molecule has 0 amide bonds. The molecular formula is C26H43BrO10. The highest BCUT2D eigenvalue weighted by Crippen LogP contribution is 2.31. The summed E-state index contributed by atoms with van der Waals surface area (Å²) >= 11 is 3.29. The molecule has 0 heterocycles. The summed E-state index contributed by atoms with van der Waals surface area (Å²) in [5, 5.41) is 0. The second kappa shape index (κ2) is 19.9. The summed E-state index contributed by atoms with van der Waals surface area (Å²) in [5.41, 5.74) is 0. The average Bonchev–Trinajstić information content (AvgIpc) is 2.89. The molecule has 0 spiro atoms. The highest BCUT2D eigenvalue weighted by molar-refractivity contribution is 9.10. The molecule has 11 heteroatoms. The van der Waals surface area contributed by atoms with E-state index < -0.39 is 58.3 Å². The molecule has 214 valence electrons. The third-order valence-corrected chi connectivity index (χ3v) is 6.76. The van der Waals surface area contributed by atoms with E-state index in [9.17, 15) is 24.0 Å². The molecule has 0 saturated heterocycles. The zero-order chi connectivity index (χ0) is 28.4. The van der Waals surface area contributed by atoms with Crippen LogP contribution in [0.5, 0.6) is 0 Å². The van der Waals surface area contributed by atoms with Crippen LogP contribution in [-0.2, 0) is 47.7 Å². The van der Waals surface area contributed by atoms with Crippen molar-refractivity contribution >= 4 is 45.8 Å². The molecule has 5 atom stereocenters. The van der Waals surface area contributed by atoms with Crippen molar-refractivity contribution in [3.63, 3.8) is 0 Å². The lowest BCUT2D eigenvalue weighted by molar-refractivity contribution is -0.154. The Labute approximate surface area is 228 Å². The smallest absolute Gasteiger partial charge is 0.319 e. The molecule has 0 saturated carbocycles. The molecule has 0 aliphatic rings. The number of esters is 5. The molecular weight excluding hydrogens is 552 g/mol. The Morgan fingerprint density at radius 3 is 1.43 bits per heavy atom. The van der Waals surface area contributed by atoms with Crippen LogP contribution in [0.25, 0.3) is 0 Å². The third-order valence-electron chi connectivity index (χ3n) is 6.01. The SMILES string of the molecule is CCCCOC(=O)C(Br)CC(CC(CC(CC(C)C(=O)OC)C(=O)OC)C(=O)OCCCC)C(=O)OC. The molecule has 0 aliphatic carbocycles. The Morgan fingerprint density at radius 1 is 0.595 bits per heavy atom. The topological polar surface area (TPSA) is 132 Å². The highest BCUT2D eigenvalue weighted by Gasteiger charge is 2.36. The summed E-state index contributed by atoms with van der Waals surface area (Å²) in [7, 11) is 3.70. The lowest BCUT2D eigenvalue weighted by Gasteiger charge is -2.26. The van der Waals surface area contributed by atoms with Gasteiger partial charge >= 0.3 is 29.8 Å². The fraction of sp³-hybridized carbons (Fsp3) is 0.808. The fourth-order valence-electron chi connectivity index (χ4n) is 3.80. The first-order valence-electron chi connectivity index (χ1n) is 12.8. The molecule has 0 aromatic rings. The van der Waals surface area contributed by atoms with E-state index in [0.717, 1.165) is 19.3 Å². The van der Waals surface area contributed by atoms with Gasteiger partial charge in [0.2, 0.25) is 0 Å². The first-order valence-corrected chi connectivity index (χ1v) is 13.7. The van der Waals surface area contributed by atoms with E-state index in [1.807, 2.05) is 13.8 Å². The van der Waals surface area contributed by atoms with Crippen LogP contribution < -0.4 is 0 Å². The molecule has 0 fully saturated rings. The maximum absolute atomic E-state index is 13.1. The number of ether oxygens (including phenoxy) is 5. The Morgan fingerprint density at radius 2 is 1.00 bits per heavy atom. The van der Waals surface area contributed by atoms with Crippen LogP contribution in [0.3, 0.4) is 0 Å². The molecule has 0 N–H and O–H groups in total. The van der Waals surface area contributed by atoms with Crippen LogP contribution in [0.2, 0.25) is 0 Å².